The monoisotopic (exact) mass is 305 g/mol. The molecule has 1 rings (SSSR count). The van der Waals surface area contributed by atoms with Crippen molar-refractivity contribution in [2.75, 3.05) is 7.11 Å². The Labute approximate surface area is 132 Å². The van der Waals surface area contributed by atoms with Crippen LogP contribution in [0.1, 0.15) is 26.3 Å². The lowest BCUT2D eigenvalue weighted by Gasteiger charge is -2.22. The van der Waals surface area contributed by atoms with Crippen molar-refractivity contribution in [1.82, 2.24) is 5.32 Å². The van der Waals surface area contributed by atoms with Gasteiger partial charge in [0.2, 0.25) is 0 Å². The minimum absolute atomic E-state index is 0.357. The Morgan fingerprint density at radius 3 is 2.27 bits per heavy atom. The van der Waals surface area contributed by atoms with Gasteiger partial charge >= 0.3 is 12.1 Å². The zero-order valence-electron chi connectivity index (χ0n) is 13.9. The topological polar surface area (TPSA) is 64.6 Å². The van der Waals surface area contributed by atoms with Crippen molar-refractivity contribution < 1.29 is 19.1 Å². The molecule has 1 amide bonds. The summed E-state index contributed by atoms with van der Waals surface area (Å²) < 4.78 is 9.93. The van der Waals surface area contributed by atoms with Crippen molar-refractivity contribution in [2.24, 2.45) is 0 Å². The molecule has 0 radical (unpaired) electrons. The third-order valence-electron chi connectivity index (χ3n) is 3.05. The van der Waals surface area contributed by atoms with Gasteiger partial charge in [0, 0.05) is 6.42 Å². The molecule has 1 aromatic carbocycles. The van der Waals surface area contributed by atoms with Gasteiger partial charge < -0.3 is 14.8 Å². The summed E-state index contributed by atoms with van der Waals surface area (Å²) in [5.41, 5.74) is 1.55. The normalized spacial score (nSPS) is 12.2. The second-order valence-electron chi connectivity index (χ2n) is 6.10. The summed E-state index contributed by atoms with van der Waals surface area (Å²) >= 11 is 0. The molecule has 0 fully saturated rings. The Bertz CT molecular complexity index is 508. The minimum atomic E-state index is -0.771. The summed E-state index contributed by atoms with van der Waals surface area (Å²) in [6.07, 6.45) is -0.274. The number of hydrogen-bond donors (Lipinski definition) is 1. The van der Waals surface area contributed by atoms with Crippen LogP contribution >= 0.6 is 0 Å². The van der Waals surface area contributed by atoms with Gasteiger partial charge in [-0.2, -0.15) is 0 Å². The number of ether oxygens (including phenoxy) is 2. The second kappa shape index (κ2) is 7.87. The number of benzene rings is 1. The fourth-order valence-electron chi connectivity index (χ4n) is 1.93. The number of amides is 1. The molecule has 1 aromatic rings. The molecule has 0 saturated heterocycles. The lowest BCUT2D eigenvalue weighted by atomic mass is 9.73. The van der Waals surface area contributed by atoms with Gasteiger partial charge in [0.05, 0.1) is 7.11 Å². The fourth-order valence-corrected chi connectivity index (χ4v) is 1.93. The molecule has 0 aliphatic carbocycles. The highest BCUT2D eigenvalue weighted by Crippen LogP contribution is 2.09. The van der Waals surface area contributed by atoms with Gasteiger partial charge in [-0.25, -0.2) is 9.59 Å². The van der Waals surface area contributed by atoms with E-state index in [1.807, 2.05) is 24.3 Å². The number of alkyl carbamates (subject to hydrolysis) is 1. The third kappa shape index (κ3) is 6.20. The number of hydrogen-bond acceptors (Lipinski definition) is 4. The average molecular weight is 305 g/mol. The molecule has 0 aliphatic rings. The maximum Gasteiger partial charge on any atom is 0.408 e. The Balaban J connectivity index is 2.75. The van der Waals surface area contributed by atoms with Gasteiger partial charge in [0.25, 0.3) is 0 Å². The maximum atomic E-state index is 11.8. The molecule has 0 saturated carbocycles. The molecular formula is C16H24BNO4. The third-order valence-corrected chi connectivity index (χ3v) is 3.05. The lowest BCUT2D eigenvalue weighted by molar-refractivity contribution is -0.143. The van der Waals surface area contributed by atoms with Crippen molar-refractivity contribution in [3.8, 4) is 0 Å². The van der Waals surface area contributed by atoms with Crippen LogP contribution in [-0.4, -0.2) is 38.1 Å². The van der Waals surface area contributed by atoms with E-state index >= 15 is 0 Å². The molecule has 1 atom stereocenters. The van der Waals surface area contributed by atoms with Gasteiger partial charge in [-0.1, -0.05) is 36.6 Å². The van der Waals surface area contributed by atoms with Crippen molar-refractivity contribution in [3.63, 3.8) is 0 Å². The van der Waals surface area contributed by atoms with Crippen LogP contribution in [-0.2, 0) is 20.7 Å². The highest BCUT2D eigenvalue weighted by Gasteiger charge is 2.25. The number of esters is 1. The quantitative estimate of drug-likeness (QED) is 0.660. The van der Waals surface area contributed by atoms with Gasteiger partial charge in [-0.15, -0.1) is 0 Å². The predicted octanol–water partition coefficient (Wildman–Crippen LogP) is 1.41. The van der Waals surface area contributed by atoms with E-state index in [0.29, 0.717) is 6.42 Å². The Morgan fingerprint density at radius 2 is 1.82 bits per heavy atom. The summed E-state index contributed by atoms with van der Waals surface area (Å²) in [6.45, 7) is 7.38. The number of rotatable bonds is 5. The minimum Gasteiger partial charge on any atom is -0.467 e. The van der Waals surface area contributed by atoms with Gasteiger partial charge in [-0.05, 0) is 26.3 Å². The first-order valence-corrected chi connectivity index (χ1v) is 7.40. The van der Waals surface area contributed by atoms with Crippen LogP contribution in [0.25, 0.3) is 0 Å². The van der Waals surface area contributed by atoms with E-state index in [1.165, 1.54) is 12.6 Å². The first-order chi connectivity index (χ1) is 10.2. The smallest absolute Gasteiger partial charge is 0.408 e. The summed E-state index contributed by atoms with van der Waals surface area (Å²) in [4.78, 5) is 23.7. The molecule has 0 aliphatic heterocycles. The second-order valence-corrected chi connectivity index (χ2v) is 6.10. The SMILES string of the molecule is CBc1ccc(CC(NC(=O)OC(C)(C)C)C(=O)OC)cc1. The van der Waals surface area contributed by atoms with Gasteiger partial charge in [0.15, 0.2) is 7.28 Å². The predicted molar refractivity (Wildman–Crippen MR) is 88.0 cm³/mol. The number of nitrogens with one attached hydrogen (secondary N) is 1. The number of carbonyl (C=O) groups is 2. The standard InChI is InChI=1S/C16H24BNO4/c1-16(2,3)22-15(20)18-13(14(19)21-5)10-11-6-8-12(17-4)9-7-11/h6-9,13,17H,10H2,1-5H3,(H,18,20). The summed E-state index contributed by atoms with van der Waals surface area (Å²) in [6, 6.07) is 7.15. The Morgan fingerprint density at radius 1 is 1.23 bits per heavy atom. The zero-order valence-corrected chi connectivity index (χ0v) is 13.9. The summed E-state index contributed by atoms with van der Waals surface area (Å²) in [5, 5.41) is 2.57. The largest absolute Gasteiger partial charge is 0.467 e. The van der Waals surface area contributed by atoms with E-state index in [1.54, 1.807) is 20.8 Å². The van der Waals surface area contributed by atoms with E-state index in [4.69, 9.17) is 9.47 Å². The van der Waals surface area contributed by atoms with E-state index in [-0.39, 0.29) is 0 Å². The highest BCUT2D eigenvalue weighted by atomic mass is 16.6. The Hall–Kier alpha value is -1.98. The molecule has 1 N–H and O–H groups in total. The molecule has 0 spiro atoms. The van der Waals surface area contributed by atoms with Crippen LogP contribution in [0.5, 0.6) is 0 Å². The number of methoxy groups -OCH3 is 1. The van der Waals surface area contributed by atoms with E-state index in [9.17, 15) is 9.59 Å². The van der Waals surface area contributed by atoms with Crippen molar-refractivity contribution in [2.45, 2.75) is 45.7 Å². The van der Waals surface area contributed by atoms with E-state index in [0.717, 1.165) is 12.8 Å². The highest BCUT2D eigenvalue weighted by molar-refractivity contribution is 6.51. The molecule has 120 valence electrons. The molecule has 0 heterocycles. The van der Waals surface area contributed by atoms with Crippen LogP contribution < -0.4 is 10.8 Å². The molecule has 0 aromatic heterocycles. The number of carbonyl (C=O) groups excluding carboxylic acids is 2. The van der Waals surface area contributed by atoms with Gasteiger partial charge in [0.1, 0.15) is 11.6 Å². The molecular weight excluding hydrogens is 281 g/mol. The fraction of sp³-hybridized carbons (Fsp3) is 0.500. The molecule has 6 heteroatoms. The average Bonchev–Trinajstić information content (AvgIpc) is 2.44. The van der Waals surface area contributed by atoms with Crippen LogP contribution in [0.4, 0.5) is 4.79 Å². The lowest BCUT2D eigenvalue weighted by Crippen LogP contribution is -2.45. The molecule has 5 nitrogen and oxygen atoms in total. The van der Waals surface area contributed by atoms with Crippen molar-refractivity contribution in [1.29, 1.82) is 0 Å². The first-order valence-electron chi connectivity index (χ1n) is 7.40. The summed E-state index contributed by atoms with van der Waals surface area (Å²) in [5.74, 6) is -0.495. The molecule has 1 unspecified atom stereocenters. The van der Waals surface area contributed by atoms with E-state index < -0.39 is 23.7 Å². The van der Waals surface area contributed by atoms with Crippen LogP contribution in [0, 0.1) is 0 Å². The zero-order chi connectivity index (χ0) is 16.8. The summed E-state index contributed by atoms with van der Waals surface area (Å²) in [7, 11) is 2.25. The van der Waals surface area contributed by atoms with E-state index in [2.05, 4.69) is 12.1 Å². The van der Waals surface area contributed by atoms with Crippen molar-refractivity contribution in [3.05, 3.63) is 29.8 Å². The van der Waals surface area contributed by atoms with Crippen LogP contribution in [0.3, 0.4) is 0 Å². The first kappa shape index (κ1) is 18.1. The maximum absolute atomic E-state index is 11.8. The molecule has 0 bridgehead atoms. The Kier molecular flexibility index (Phi) is 6.47. The molecule has 22 heavy (non-hydrogen) atoms. The van der Waals surface area contributed by atoms with Crippen LogP contribution in [0.15, 0.2) is 24.3 Å². The van der Waals surface area contributed by atoms with Crippen LogP contribution in [0.2, 0.25) is 6.82 Å². The van der Waals surface area contributed by atoms with Crippen molar-refractivity contribution >= 4 is 24.8 Å². The van der Waals surface area contributed by atoms with Gasteiger partial charge in [-0.3, -0.25) is 0 Å².